The summed E-state index contributed by atoms with van der Waals surface area (Å²) >= 11 is 6.30. The number of nitrogens with one attached hydrogen (secondary N) is 1. The van der Waals surface area contributed by atoms with Crippen LogP contribution in [0.2, 0.25) is 5.02 Å². The first-order valence-electron chi connectivity index (χ1n) is 10.9. The number of hydrogen-bond donors (Lipinski definition) is 1. The molecule has 1 amide bonds. The molecule has 0 spiro atoms. The second kappa shape index (κ2) is 9.68. The number of methoxy groups -OCH3 is 1. The van der Waals surface area contributed by atoms with E-state index in [0.29, 0.717) is 36.8 Å². The lowest BCUT2D eigenvalue weighted by Gasteiger charge is -2.36. The van der Waals surface area contributed by atoms with E-state index < -0.39 is 10.0 Å². The molecule has 4 rings (SSSR count). The number of benzene rings is 2. The number of carbonyl (C=O) groups is 1. The Morgan fingerprint density at radius 2 is 1.75 bits per heavy atom. The molecule has 2 aromatic carbocycles. The Morgan fingerprint density at radius 3 is 2.41 bits per heavy atom. The summed E-state index contributed by atoms with van der Waals surface area (Å²) in [5.41, 5.74) is 1.29. The van der Waals surface area contributed by atoms with E-state index in [1.165, 1.54) is 13.2 Å². The predicted octanol–water partition coefficient (Wildman–Crippen LogP) is 3.53. The molecule has 2 aromatic rings. The van der Waals surface area contributed by atoms with Crippen molar-refractivity contribution in [2.24, 2.45) is 0 Å². The minimum Gasteiger partial charge on any atom is -0.495 e. The number of rotatable bonds is 6. The van der Waals surface area contributed by atoms with Crippen molar-refractivity contribution in [3.05, 3.63) is 53.1 Å². The third-order valence-electron chi connectivity index (χ3n) is 6.14. The lowest BCUT2D eigenvalue weighted by molar-refractivity contribution is 0.0746. The topological polar surface area (TPSA) is 79.0 Å². The second-order valence-electron chi connectivity index (χ2n) is 8.20. The number of sulfonamides is 1. The Labute approximate surface area is 194 Å². The van der Waals surface area contributed by atoms with Gasteiger partial charge in [-0.15, -0.1) is 0 Å². The summed E-state index contributed by atoms with van der Waals surface area (Å²) in [4.78, 5) is 17.1. The molecule has 1 saturated heterocycles. The van der Waals surface area contributed by atoms with Crippen LogP contribution in [0.5, 0.6) is 5.75 Å². The fraction of sp³-hybridized carbons (Fsp3) is 0.435. The summed E-state index contributed by atoms with van der Waals surface area (Å²) in [6.07, 6.45) is 3.69. The molecule has 1 aliphatic carbocycles. The molecule has 0 radical (unpaired) electrons. The first-order chi connectivity index (χ1) is 15.4. The molecule has 2 aliphatic rings. The van der Waals surface area contributed by atoms with E-state index in [-0.39, 0.29) is 22.6 Å². The number of nitrogens with zero attached hydrogens (tertiary/aromatic N) is 2. The highest BCUT2D eigenvalue weighted by Gasteiger charge is 2.28. The second-order valence-corrected chi connectivity index (χ2v) is 10.3. The number of carbonyl (C=O) groups excluding carboxylic acids is 1. The third-order valence-corrected chi connectivity index (χ3v) is 8.00. The van der Waals surface area contributed by atoms with E-state index in [9.17, 15) is 13.2 Å². The zero-order valence-corrected chi connectivity index (χ0v) is 19.7. The van der Waals surface area contributed by atoms with Crippen molar-refractivity contribution in [3.8, 4) is 5.75 Å². The average Bonchev–Trinajstić information content (AvgIpc) is 3.31. The van der Waals surface area contributed by atoms with E-state index in [1.54, 1.807) is 17.0 Å². The highest BCUT2D eigenvalue weighted by Crippen LogP contribution is 2.29. The maximum atomic E-state index is 13.2. The quantitative estimate of drug-likeness (QED) is 0.688. The van der Waals surface area contributed by atoms with Crippen molar-refractivity contribution in [2.75, 3.05) is 38.2 Å². The normalized spacial score (nSPS) is 17.6. The van der Waals surface area contributed by atoms with Gasteiger partial charge in [-0.25, -0.2) is 13.1 Å². The number of amides is 1. The summed E-state index contributed by atoms with van der Waals surface area (Å²) in [5.74, 6) is 0.0411. The van der Waals surface area contributed by atoms with Crippen molar-refractivity contribution in [1.82, 2.24) is 9.62 Å². The van der Waals surface area contributed by atoms with Gasteiger partial charge in [0.25, 0.3) is 5.91 Å². The maximum absolute atomic E-state index is 13.2. The van der Waals surface area contributed by atoms with Crippen LogP contribution in [0.4, 0.5) is 5.69 Å². The largest absolute Gasteiger partial charge is 0.495 e. The Kier molecular flexibility index (Phi) is 6.93. The van der Waals surface area contributed by atoms with Gasteiger partial charge in [0.1, 0.15) is 10.6 Å². The molecule has 1 saturated carbocycles. The fourth-order valence-electron chi connectivity index (χ4n) is 4.39. The van der Waals surface area contributed by atoms with E-state index >= 15 is 0 Å². The van der Waals surface area contributed by atoms with Crippen LogP contribution >= 0.6 is 11.6 Å². The standard InChI is InChI=1S/C23H28ClN3O4S/c1-31-21-11-10-17(16-22(21)32(29,30)25-18-6-2-3-7-18)23(28)27-14-12-26(13-15-27)20-9-5-4-8-19(20)24/h4-5,8-11,16,18,25H,2-3,6-7,12-15H2,1H3. The zero-order chi connectivity index (χ0) is 22.7. The lowest BCUT2D eigenvalue weighted by atomic mass is 10.1. The van der Waals surface area contributed by atoms with Crippen LogP contribution in [-0.4, -0.2) is 58.6 Å². The van der Waals surface area contributed by atoms with Crippen LogP contribution in [0.3, 0.4) is 0 Å². The minimum atomic E-state index is -3.79. The molecule has 0 aromatic heterocycles. The lowest BCUT2D eigenvalue weighted by Crippen LogP contribution is -2.48. The van der Waals surface area contributed by atoms with Crippen molar-refractivity contribution in [1.29, 1.82) is 0 Å². The van der Waals surface area contributed by atoms with Crippen molar-refractivity contribution < 1.29 is 17.9 Å². The molecule has 1 heterocycles. The van der Waals surface area contributed by atoms with Crippen LogP contribution < -0.4 is 14.4 Å². The van der Waals surface area contributed by atoms with Gasteiger partial charge in [-0.05, 0) is 43.2 Å². The number of anilines is 1. The number of hydrogen-bond acceptors (Lipinski definition) is 5. The molecule has 0 atom stereocenters. The molecular weight excluding hydrogens is 450 g/mol. The van der Waals surface area contributed by atoms with E-state index in [4.69, 9.17) is 16.3 Å². The molecule has 32 heavy (non-hydrogen) atoms. The van der Waals surface area contributed by atoms with Gasteiger partial charge in [0.2, 0.25) is 10.0 Å². The molecule has 0 bridgehead atoms. The fourth-order valence-corrected chi connectivity index (χ4v) is 6.14. The van der Waals surface area contributed by atoms with Gasteiger partial charge in [-0.2, -0.15) is 0 Å². The Bertz CT molecular complexity index is 1080. The third kappa shape index (κ3) is 4.87. The number of ether oxygens (including phenoxy) is 1. The van der Waals surface area contributed by atoms with Crippen LogP contribution in [0, 0.1) is 0 Å². The Balaban J connectivity index is 1.49. The molecule has 2 fully saturated rings. The summed E-state index contributed by atoms with van der Waals surface area (Å²) in [6, 6.07) is 12.2. The SMILES string of the molecule is COc1ccc(C(=O)N2CCN(c3ccccc3Cl)CC2)cc1S(=O)(=O)NC1CCCC1. The van der Waals surface area contributed by atoms with E-state index in [1.807, 2.05) is 24.3 Å². The molecule has 1 N–H and O–H groups in total. The van der Waals surface area contributed by atoms with Crippen molar-refractivity contribution in [2.45, 2.75) is 36.6 Å². The molecule has 7 nitrogen and oxygen atoms in total. The summed E-state index contributed by atoms with van der Waals surface area (Å²) < 4.78 is 34.1. The van der Waals surface area contributed by atoms with Crippen LogP contribution in [-0.2, 0) is 10.0 Å². The Morgan fingerprint density at radius 1 is 1.06 bits per heavy atom. The maximum Gasteiger partial charge on any atom is 0.254 e. The highest BCUT2D eigenvalue weighted by molar-refractivity contribution is 7.89. The summed E-state index contributed by atoms with van der Waals surface area (Å²) in [6.45, 7) is 2.36. The van der Waals surface area contributed by atoms with E-state index in [0.717, 1.165) is 31.4 Å². The first kappa shape index (κ1) is 22.9. The smallest absolute Gasteiger partial charge is 0.254 e. The first-order valence-corrected chi connectivity index (χ1v) is 12.7. The van der Waals surface area contributed by atoms with Crippen LogP contribution in [0.15, 0.2) is 47.4 Å². The monoisotopic (exact) mass is 477 g/mol. The predicted molar refractivity (Wildman–Crippen MR) is 125 cm³/mol. The molecule has 1 aliphatic heterocycles. The van der Waals surface area contributed by atoms with Crippen LogP contribution in [0.1, 0.15) is 36.0 Å². The van der Waals surface area contributed by atoms with Gasteiger partial charge in [-0.3, -0.25) is 4.79 Å². The number of para-hydroxylation sites is 1. The van der Waals surface area contributed by atoms with Gasteiger partial charge in [-0.1, -0.05) is 36.6 Å². The van der Waals surface area contributed by atoms with Gasteiger partial charge in [0, 0.05) is 37.8 Å². The molecule has 9 heteroatoms. The highest BCUT2D eigenvalue weighted by atomic mass is 35.5. The molecule has 0 unspecified atom stereocenters. The van der Waals surface area contributed by atoms with Gasteiger partial charge in [0.05, 0.1) is 17.8 Å². The minimum absolute atomic E-state index is 0.00690. The van der Waals surface area contributed by atoms with Crippen LogP contribution in [0.25, 0.3) is 0 Å². The van der Waals surface area contributed by atoms with Crippen molar-refractivity contribution >= 4 is 33.2 Å². The van der Waals surface area contributed by atoms with Gasteiger partial charge >= 0.3 is 0 Å². The average molecular weight is 478 g/mol. The summed E-state index contributed by atoms with van der Waals surface area (Å²) in [5, 5.41) is 0.687. The summed E-state index contributed by atoms with van der Waals surface area (Å²) in [7, 11) is -2.36. The molecule has 172 valence electrons. The van der Waals surface area contributed by atoms with E-state index in [2.05, 4.69) is 9.62 Å². The zero-order valence-electron chi connectivity index (χ0n) is 18.1. The molecular formula is C23H28ClN3O4S. The van der Waals surface area contributed by atoms with Crippen molar-refractivity contribution in [3.63, 3.8) is 0 Å². The van der Waals surface area contributed by atoms with Gasteiger partial charge in [0.15, 0.2) is 0 Å². The number of piperazine rings is 1. The Hall–Kier alpha value is -2.29. The van der Waals surface area contributed by atoms with Gasteiger partial charge < -0.3 is 14.5 Å². The number of halogens is 1.